The number of amides is 3. The third kappa shape index (κ3) is 8.44. The molecule has 2 atom stereocenters. The van der Waals surface area contributed by atoms with E-state index in [1.807, 2.05) is 29.2 Å². The Balaban J connectivity index is 1.41. The van der Waals surface area contributed by atoms with Crippen LogP contribution in [-0.4, -0.2) is 75.8 Å². The van der Waals surface area contributed by atoms with Crippen LogP contribution in [0.15, 0.2) is 41.3 Å². The van der Waals surface area contributed by atoms with Gasteiger partial charge >= 0.3 is 6.09 Å². The van der Waals surface area contributed by atoms with Gasteiger partial charge < -0.3 is 29.5 Å². The molecule has 1 aromatic carbocycles. The van der Waals surface area contributed by atoms with Gasteiger partial charge in [-0.2, -0.15) is 0 Å². The highest BCUT2D eigenvalue weighted by Gasteiger charge is 2.56. The summed E-state index contributed by atoms with van der Waals surface area (Å²) in [5, 5.41) is 15.3. The number of nitrogens with zero attached hydrogens (tertiary/aromatic N) is 3. The maximum absolute atomic E-state index is 13.9. The first-order chi connectivity index (χ1) is 23.6. The Bertz CT molecular complexity index is 1600. The summed E-state index contributed by atoms with van der Waals surface area (Å²) < 4.78 is 6.90. The van der Waals surface area contributed by atoms with Gasteiger partial charge in [0.05, 0.1) is 17.7 Å². The largest absolute Gasteiger partial charge is 0.444 e. The molecule has 1 aromatic heterocycles. The van der Waals surface area contributed by atoms with E-state index in [9.17, 15) is 24.3 Å². The SMILES string of the molecule is C[C@H](CC1CCCCC1)C(=O)N1CCC(O)(Cn2cc(C(=O)N(C)C)c(-c3ccccc3CNC(=O)OC(C)(C)C)cc2=O)C2(CCCC2)C1. The highest BCUT2D eigenvalue weighted by atomic mass is 16.6. The Kier molecular flexibility index (Phi) is 11.5. The number of piperidine rings is 1. The van der Waals surface area contributed by atoms with Crippen LogP contribution < -0.4 is 10.9 Å². The van der Waals surface area contributed by atoms with Crippen LogP contribution >= 0.6 is 0 Å². The third-order valence-electron chi connectivity index (χ3n) is 11.3. The summed E-state index contributed by atoms with van der Waals surface area (Å²) in [6, 6.07) is 8.83. The van der Waals surface area contributed by atoms with Gasteiger partial charge in [-0.15, -0.1) is 0 Å². The molecule has 1 saturated heterocycles. The van der Waals surface area contributed by atoms with Crippen LogP contribution in [0, 0.1) is 17.3 Å². The van der Waals surface area contributed by atoms with Crippen molar-refractivity contribution in [3.8, 4) is 11.1 Å². The Morgan fingerprint density at radius 3 is 2.36 bits per heavy atom. The second-order valence-corrected chi connectivity index (χ2v) is 16.4. The lowest BCUT2D eigenvalue weighted by molar-refractivity contribution is -0.163. The average molecular weight is 691 g/mol. The van der Waals surface area contributed by atoms with Gasteiger partial charge in [0.1, 0.15) is 5.60 Å². The molecule has 3 aliphatic rings. The van der Waals surface area contributed by atoms with Crippen LogP contribution in [0.3, 0.4) is 0 Å². The topological polar surface area (TPSA) is 121 Å². The molecule has 50 heavy (non-hydrogen) atoms. The lowest BCUT2D eigenvalue weighted by Gasteiger charge is -2.53. The molecular formula is C40H58N4O6. The smallest absolute Gasteiger partial charge is 0.407 e. The number of likely N-dealkylation sites (tertiary alicyclic amines) is 1. The van der Waals surface area contributed by atoms with Crippen molar-refractivity contribution in [2.24, 2.45) is 17.3 Å². The monoisotopic (exact) mass is 690 g/mol. The normalized spacial score (nSPS) is 21.5. The number of alkyl carbamates (subject to hydrolysis) is 1. The fourth-order valence-corrected chi connectivity index (χ4v) is 8.65. The Hall–Kier alpha value is -3.66. The summed E-state index contributed by atoms with van der Waals surface area (Å²) in [6.07, 6.45) is 12.1. The maximum atomic E-state index is 13.9. The summed E-state index contributed by atoms with van der Waals surface area (Å²) in [6.45, 7) is 8.56. The van der Waals surface area contributed by atoms with Crippen LogP contribution in [-0.2, 0) is 22.6 Å². The first-order valence-corrected chi connectivity index (χ1v) is 18.6. The van der Waals surface area contributed by atoms with E-state index in [2.05, 4.69) is 12.2 Å². The van der Waals surface area contributed by atoms with E-state index in [0.717, 1.165) is 37.7 Å². The van der Waals surface area contributed by atoms with Crippen LogP contribution in [0.5, 0.6) is 0 Å². The Labute approximate surface area is 297 Å². The molecule has 0 bridgehead atoms. The van der Waals surface area contributed by atoms with Crippen molar-refractivity contribution in [1.82, 2.24) is 19.7 Å². The first-order valence-electron chi connectivity index (χ1n) is 18.6. The number of aromatic nitrogens is 1. The molecule has 2 saturated carbocycles. The van der Waals surface area contributed by atoms with E-state index in [1.165, 1.54) is 47.6 Å². The number of carbonyl (C=O) groups is 3. The van der Waals surface area contributed by atoms with E-state index in [0.29, 0.717) is 42.1 Å². The zero-order chi connectivity index (χ0) is 36.3. The minimum Gasteiger partial charge on any atom is -0.444 e. The fraction of sp³-hybridized carbons (Fsp3) is 0.650. The molecule has 2 N–H and O–H groups in total. The molecule has 1 spiro atoms. The molecular weight excluding hydrogens is 632 g/mol. The van der Waals surface area contributed by atoms with Gasteiger partial charge in [0.25, 0.3) is 11.5 Å². The van der Waals surface area contributed by atoms with Gasteiger partial charge in [-0.1, -0.05) is 76.1 Å². The average Bonchev–Trinajstić information content (AvgIpc) is 3.55. The van der Waals surface area contributed by atoms with Gasteiger partial charge in [0, 0.05) is 62.9 Å². The Morgan fingerprint density at radius 2 is 1.70 bits per heavy atom. The number of pyridine rings is 1. The van der Waals surface area contributed by atoms with E-state index in [4.69, 9.17) is 4.74 Å². The molecule has 3 fully saturated rings. The number of rotatable bonds is 9. The van der Waals surface area contributed by atoms with Gasteiger partial charge in [0.15, 0.2) is 0 Å². The van der Waals surface area contributed by atoms with Crippen molar-refractivity contribution in [1.29, 1.82) is 0 Å². The standard InChI is InChI=1S/C40H58N4O6/c1-28(22-29-14-8-7-9-15-29)35(46)43-21-20-40(49,39(26-43)18-12-13-19-39)27-44-25-33(36(47)42(5)6)32(23-34(44)45)31-17-11-10-16-30(31)24-41-37(48)50-38(2,3)4/h10-11,16-17,23,25,28-29,49H,7-9,12-15,18-22,24,26-27H2,1-6H3,(H,41,48)/t28-,40?/m1/s1. The fourth-order valence-electron chi connectivity index (χ4n) is 8.65. The van der Waals surface area contributed by atoms with E-state index in [1.54, 1.807) is 41.1 Å². The van der Waals surface area contributed by atoms with Crippen molar-refractivity contribution in [2.45, 2.75) is 123 Å². The van der Waals surface area contributed by atoms with Crippen LogP contribution in [0.2, 0.25) is 0 Å². The van der Waals surface area contributed by atoms with Crippen molar-refractivity contribution >= 4 is 17.9 Å². The third-order valence-corrected chi connectivity index (χ3v) is 11.3. The number of carbonyl (C=O) groups excluding carboxylic acids is 3. The summed E-state index contributed by atoms with van der Waals surface area (Å²) in [5.41, 5.74) is -0.555. The maximum Gasteiger partial charge on any atom is 0.407 e. The zero-order valence-corrected chi connectivity index (χ0v) is 31.1. The van der Waals surface area contributed by atoms with Crippen molar-refractivity contribution in [3.63, 3.8) is 0 Å². The Morgan fingerprint density at radius 1 is 1.02 bits per heavy atom. The molecule has 274 valence electrons. The van der Waals surface area contributed by atoms with Gasteiger partial charge in [0.2, 0.25) is 5.91 Å². The molecule has 10 nitrogen and oxygen atoms in total. The van der Waals surface area contributed by atoms with E-state index in [-0.39, 0.29) is 36.4 Å². The van der Waals surface area contributed by atoms with E-state index >= 15 is 0 Å². The lowest BCUT2D eigenvalue weighted by atomic mass is 9.65. The quantitative estimate of drug-likeness (QED) is 0.316. The molecule has 0 radical (unpaired) electrons. The highest BCUT2D eigenvalue weighted by Crippen LogP contribution is 2.52. The summed E-state index contributed by atoms with van der Waals surface area (Å²) in [7, 11) is 3.33. The van der Waals surface area contributed by atoms with E-state index < -0.39 is 22.7 Å². The summed E-state index contributed by atoms with van der Waals surface area (Å²) in [5.74, 6) is 0.481. The molecule has 2 aromatic rings. The number of nitrogens with one attached hydrogen (secondary N) is 1. The van der Waals surface area contributed by atoms with Gasteiger partial charge in [-0.3, -0.25) is 14.4 Å². The van der Waals surface area contributed by atoms with Crippen LogP contribution in [0.1, 0.15) is 114 Å². The molecule has 10 heteroatoms. The second kappa shape index (κ2) is 15.3. The van der Waals surface area contributed by atoms with Crippen LogP contribution in [0.4, 0.5) is 4.79 Å². The van der Waals surface area contributed by atoms with Crippen molar-refractivity contribution in [2.75, 3.05) is 27.2 Å². The minimum atomic E-state index is -1.22. The predicted molar refractivity (Wildman–Crippen MR) is 195 cm³/mol. The van der Waals surface area contributed by atoms with Crippen molar-refractivity contribution in [3.05, 3.63) is 58.0 Å². The lowest BCUT2D eigenvalue weighted by Crippen LogP contribution is -2.62. The molecule has 2 heterocycles. The number of hydrogen-bond acceptors (Lipinski definition) is 6. The van der Waals surface area contributed by atoms with Crippen molar-refractivity contribution < 1.29 is 24.2 Å². The number of ether oxygens (including phenoxy) is 1. The van der Waals surface area contributed by atoms with Crippen LogP contribution in [0.25, 0.3) is 11.1 Å². The molecule has 1 aliphatic heterocycles. The minimum absolute atomic E-state index is 0.0419. The summed E-state index contributed by atoms with van der Waals surface area (Å²) in [4.78, 5) is 57.3. The van der Waals surface area contributed by atoms with Gasteiger partial charge in [-0.05, 0) is 63.5 Å². The molecule has 1 unspecified atom stereocenters. The second-order valence-electron chi connectivity index (χ2n) is 16.4. The molecule has 2 aliphatic carbocycles. The number of aliphatic hydroxyl groups is 1. The van der Waals surface area contributed by atoms with Gasteiger partial charge in [-0.25, -0.2) is 4.79 Å². The highest BCUT2D eigenvalue weighted by molar-refractivity contribution is 6.00. The number of benzene rings is 1. The molecule has 5 rings (SSSR count). The first kappa shape index (κ1) is 37.6. The number of hydrogen-bond donors (Lipinski definition) is 2. The molecule has 3 amide bonds. The predicted octanol–water partition coefficient (Wildman–Crippen LogP) is 6.37. The summed E-state index contributed by atoms with van der Waals surface area (Å²) >= 11 is 0. The zero-order valence-electron chi connectivity index (χ0n) is 31.1.